The number of aromatic nitrogens is 3. The van der Waals surface area contributed by atoms with Crippen LogP contribution in [0.5, 0.6) is 0 Å². The third-order valence-corrected chi connectivity index (χ3v) is 4.43. The lowest BCUT2D eigenvalue weighted by atomic mass is 10.2. The highest BCUT2D eigenvalue weighted by molar-refractivity contribution is 7.99. The minimum Gasteiger partial charge on any atom is -0.369 e. The summed E-state index contributed by atoms with van der Waals surface area (Å²) in [7, 11) is 0. The lowest BCUT2D eigenvalue weighted by molar-refractivity contribution is -0.141. The van der Waals surface area contributed by atoms with Crippen LogP contribution in [0.1, 0.15) is 19.5 Å². The lowest BCUT2D eigenvalue weighted by Gasteiger charge is -2.23. The van der Waals surface area contributed by atoms with Crippen LogP contribution in [0.3, 0.4) is 0 Å². The molecule has 2 aromatic rings. The number of nitrogens with one attached hydrogen (secondary N) is 1. The molecule has 0 radical (unpaired) electrons. The van der Waals surface area contributed by atoms with E-state index in [2.05, 4.69) is 20.3 Å². The summed E-state index contributed by atoms with van der Waals surface area (Å²) in [6, 6.07) is 4.18. The average molecular weight is 342 g/mol. The molecule has 0 fully saturated rings. The molecule has 0 saturated carbocycles. The molecular formula is C15H17F3N4S. The fraction of sp³-hybridized carbons (Fsp3) is 0.400. The van der Waals surface area contributed by atoms with Gasteiger partial charge >= 0.3 is 6.18 Å². The highest BCUT2D eigenvalue weighted by Crippen LogP contribution is 2.31. The SMILES string of the molecule is CSC(C)(C)CNc1cc(C(F)(F)F)nc(-c2cccnc2)n1. The van der Waals surface area contributed by atoms with Gasteiger partial charge in [-0.25, -0.2) is 9.97 Å². The van der Waals surface area contributed by atoms with Crippen molar-refractivity contribution < 1.29 is 13.2 Å². The van der Waals surface area contributed by atoms with Crippen molar-refractivity contribution in [3.05, 3.63) is 36.3 Å². The summed E-state index contributed by atoms with van der Waals surface area (Å²) in [6.45, 7) is 4.48. The minimum absolute atomic E-state index is 0.00242. The van der Waals surface area contributed by atoms with Gasteiger partial charge in [0.2, 0.25) is 0 Å². The Morgan fingerprint density at radius 2 is 1.96 bits per heavy atom. The second kappa shape index (κ2) is 6.74. The Labute approximate surface area is 137 Å². The van der Waals surface area contributed by atoms with Gasteiger partial charge in [0.1, 0.15) is 5.82 Å². The summed E-state index contributed by atoms with van der Waals surface area (Å²) in [4.78, 5) is 11.7. The zero-order valence-electron chi connectivity index (χ0n) is 13.0. The van der Waals surface area contributed by atoms with Gasteiger partial charge in [-0.3, -0.25) is 4.98 Å². The normalized spacial score (nSPS) is 12.3. The molecule has 0 aliphatic rings. The first-order valence-corrected chi connectivity index (χ1v) is 8.09. The number of hydrogen-bond acceptors (Lipinski definition) is 5. The van der Waals surface area contributed by atoms with E-state index in [0.29, 0.717) is 12.1 Å². The maximum Gasteiger partial charge on any atom is 0.433 e. The summed E-state index contributed by atoms with van der Waals surface area (Å²) in [5.74, 6) is 0.144. The number of hydrogen-bond donors (Lipinski definition) is 1. The van der Waals surface area contributed by atoms with Crippen LogP contribution in [0.4, 0.5) is 19.0 Å². The van der Waals surface area contributed by atoms with E-state index in [1.54, 1.807) is 23.9 Å². The average Bonchev–Trinajstić information content (AvgIpc) is 2.53. The molecule has 124 valence electrons. The van der Waals surface area contributed by atoms with Crippen LogP contribution >= 0.6 is 11.8 Å². The Morgan fingerprint density at radius 3 is 2.52 bits per heavy atom. The number of rotatable bonds is 5. The molecule has 0 aliphatic heterocycles. The van der Waals surface area contributed by atoms with Gasteiger partial charge in [-0.1, -0.05) is 0 Å². The molecule has 0 saturated heterocycles. The summed E-state index contributed by atoms with van der Waals surface area (Å²) >= 11 is 1.62. The van der Waals surface area contributed by atoms with Crippen molar-refractivity contribution in [2.24, 2.45) is 0 Å². The predicted molar refractivity (Wildman–Crippen MR) is 86.3 cm³/mol. The number of pyridine rings is 1. The number of halogens is 3. The molecule has 0 unspecified atom stereocenters. The smallest absolute Gasteiger partial charge is 0.369 e. The van der Waals surface area contributed by atoms with Crippen LogP contribution in [-0.4, -0.2) is 32.5 Å². The van der Waals surface area contributed by atoms with Gasteiger partial charge in [0.05, 0.1) is 0 Å². The third kappa shape index (κ3) is 4.82. The van der Waals surface area contributed by atoms with Crippen molar-refractivity contribution in [2.45, 2.75) is 24.8 Å². The predicted octanol–water partition coefficient (Wildman–Crippen LogP) is 4.11. The molecule has 2 aromatic heterocycles. The first kappa shape index (κ1) is 17.5. The highest BCUT2D eigenvalue weighted by Gasteiger charge is 2.34. The van der Waals surface area contributed by atoms with E-state index < -0.39 is 11.9 Å². The van der Waals surface area contributed by atoms with Crippen molar-refractivity contribution in [1.29, 1.82) is 0 Å². The minimum atomic E-state index is -4.54. The molecule has 0 spiro atoms. The van der Waals surface area contributed by atoms with Crippen molar-refractivity contribution in [2.75, 3.05) is 18.1 Å². The third-order valence-electron chi connectivity index (χ3n) is 3.18. The molecule has 2 heterocycles. The van der Waals surface area contributed by atoms with Crippen molar-refractivity contribution >= 4 is 17.6 Å². The number of nitrogens with zero attached hydrogens (tertiary/aromatic N) is 3. The van der Waals surface area contributed by atoms with Crippen molar-refractivity contribution in [1.82, 2.24) is 15.0 Å². The molecule has 0 aliphatic carbocycles. The molecule has 0 amide bonds. The Kier molecular flexibility index (Phi) is 5.13. The van der Waals surface area contributed by atoms with Gasteiger partial charge in [0, 0.05) is 35.3 Å². The summed E-state index contributed by atoms with van der Waals surface area (Å²) in [5.41, 5.74) is -0.540. The second-order valence-corrected chi connectivity index (χ2v) is 7.03. The lowest BCUT2D eigenvalue weighted by Crippen LogP contribution is -2.26. The Balaban J connectivity index is 2.38. The van der Waals surface area contributed by atoms with Gasteiger partial charge in [-0.2, -0.15) is 24.9 Å². The van der Waals surface area contributed by atoms with Crippen LogP contribution < -0.4 is 5.32 Å². The maximum atomic E-state index is 13.1. The summed E-state index contributed by atoms with van der Waals surface area (Å²) in [6.07, 6.45) is 0.386. The standard InChI is InChI=1S/C15H17F3N4S/c1-14(2,23-3)9-20-12-7-11(15(16,17)18)21-13(22-12)10-5-4-6-19-8-10/h4-8H,9H2,1-3H3,(H,20,21,22). The first-order valence-electron chi connectivity index (χ1n) is 6.87. The van der Waals surface area contributed by atoms with E-state index in [-0.39, 0.29) is 16.4 Å². The van der Waals surface area contributed by atoms with Crippen LogP contribution in [0.25, 0.3) is 11.4 Å². The summed E-state index contributed by atoms with van der Waals surface area (Å²) in [5, 5.41) is 2.97. The molecular weight excluding hydrogens is 325 g/mol. The van der Waals surface area contributed by atoms with E-state index >= 15 is 0 Å². The largest absolute Gasteiger partial charge is 0.433 e. The molecule has 1 N–H and O–H groups in total. The first-order chi connectivity index (χ1) is 10.7. The van der Waals surface area contributed by atoms with E-state index in [1.807, 2.05) is 20.1 Å². The van der Waals surface area contributed by atoms with Crippen LogP contribution in [0.15, 0.2) is 30.6 Å². The van der Waals surface area contributed by atoms with Crippen LogP contribution in [-0.2, 0) is 6.18 Å². The number of thioether (sulfide) groups is 1. The summed E-state index contributed by atoms with van der Waals surface area (Å²) < 4.78 is 39.1. The van der Waals surface area contributed by atoms with Crippen molar-refractivity contribution in [3.63, 3.8) is 0 Å². The van der Waals surface area contributed by atoms with E-state index in [9.17, 15) is 13.2 Å². The maximum absolute atomic E-state index is 13.1. The monoisotopic (exact) mass is 342 g/mol. The molecule has 0 atom stereocenters. The van der Waals surface area contributed by atoms with Gasteiger partial charge < -0.3 is 5.32 Å². The molecule has 23 heavy (non-hydrogen) atoms. The zero-order valence-corrected chi connectivity index (χ0v) is 13.8. The fourth-order valence-electron chi connectivity index (χ4n) is 1.68. The second-order valence-electron chi connectivity index (χ2n) is 5.52. The molecule has 2 rings (SSSR count). The van der Waals surface area contributed by atoms with Crippen molar-refractivity contribution in [3.8, 4) is 11.4 Å². The van der Waals surface area contributed by atoms with Gasteiger partial charge in [-0.05, 0) is 32.2 Å². The van der Waals surface area contributed by atoms with Crippen LogP contribution in [0, 0.1) is 0 Å². The quantitative estimate of drug-likeness (QED) is 0.886. The van der Waals surface area contributed by atoms with Gasteiger partial charge in [0.25, 0.3) is 0 Å². The zero-order chi connectivity index (χ0) is 17.1. The highest BCUT2D eigenvalue weighted by atomic mass is 32.2. The topological polar surface area (TPSA) is 50.7 Å². The molecule has 8 heteroatoms. The molecule has 0 bridgehead atoms. The molecule has 0 aromatic carbocycles. The number of anilines is 1. The van der Waals surface area contributed by atoms with Gasteiger partial charge in [0.15, 0.2) is 11.5 Å². The van der Waals surface area contributed by atoms with E-state index in [0.717, 1.165) is 6.07 Å². The number of alkyl halides is 3. The Hall–Kier alpha value is -1.83. The Bertz CT molecular complexity index is 660. The van der Waals surface area contributed by atoms with E-state index in [1.165, 1.54) is 12.4 Å². The fourth-order valence-corrected chi connectivity index (χ4v) is 1.90. The van der Waals surface area contributed by atoms with Crippen LogP contribution in [0.2, 0.25) is 0 Å². The van der Waals surface area contributed by atoms with Gasteiger partial charge in [-0.15, -0.1) is 0 Å². The molecule has 4 nitrogen and oxygen atoms in total. The van der Waals surface area contributed by atoms with E-state index in [4.69, 9.17) is 0 Å². The Morgan fingerprint density at radius 1 is 1.22 bits per heavy atom.